The summed E-state index contributed by atoms with van der Waals surface area (Å²) in [6.07, 6.45) is -0.434. The van der Waals surface area contributed by atoms with E-state index in [2.05, 4.69) is 0 Å². The van der Waals surface area contributed by atoms with Crippen molar-refractivity contribution in [2.75, 3.05) is 7.11 Å². The lowest BCUT2D eigenvalue weighted by Gasteiger charge is -2.30. The van der Waals surface area contributed by atoms with Gasteiger partial charge in [0.1, 0.15) is 17.6 Å². The molecule has 0 aromatic heterocycles. The molecule has 0 radical (unpaired) electrons. The Morgan fingerprint density at radius 2 is 1.89 bits per heavy atom. The number of ether oxygens (including phenoxy) is 2. The van der Waals surface area contributed by atoms with Gasteiger partial charge < -0.3 is 9.47 Å². The van der Waals surface area contributed by atoms with Gasteiger partial charge in [0.15, 0.2) is 0 Å². The minimum Gasteiger partial charge on any atom is -0.497 e. The van der Waals surface area contributed by atoms with Gasteiger partial charge >= 0.3 is 0 Å². The van der Waals surface area contributed by atoms with E-state index in [1.165, 1.54) is 0 Å². The van der Waals surface area contributed by atoms with Crippen molar-refractivity contribution in [3.63, 3.8) is 0 Å². The van der Waals surface area contributed by atoms with E-state index < -0.39 is 16.1 Å². The molecule has 1 atom stereocenters. The summed E-state index contributed by atoms with van der Waals surface area (Å²) in [5.41, 5.74) is 4.00. The summed E-state index contributed by atoms with van der Waals surface area (Å²) in [4.78, 5) is 0. The van der Waals surface area contributed by atoms with Gasteiger partial charge in [0.2, 0.25) is 10.0 Å². The van der Waals surface area contributed by atoms with Crippen LogP contribution < -0.4 is 14.6 Å². The Bertz CT molecular complexity index is 1160. The van der Waals surface area contributed by atoms with Crippen LogP contribution in [0.2, 0.25) is 5.02 Å². The summed E-state index contributed by atoms with van der Waals surface area (Å²) >= 11 is 6.44. The van der Waals surface area contributed by atoms with Gasteiger partial charge in [-0.2, -0.15) is 0 Å². The summed E-state index contributed by atoms with van der Waals surface area (Å²) in [6.45, 7) is 0. The zero-order chi connectivity index (χ0) is 19.9. The van der Waals surface area contributed by atoms with Crippen molar-refractivity contribution in [2.24, 2.45) is 5.14 Å². The van der Waals surface area contributed by atoms with Gasteiger partial charge in [-0.25, -0.2) is 13.6 Å². The monoisotopic (exact) mass is 415 g/mol. The molecule has 1 unspecified atom stereocenters. The zero-order valence-corrected chi connectivity index (χ0v) is 16.6. The fraction of sp³-hybridized carbons (Fsp3) is 0.143. The Labute approximate surface area is 168 Å². The Balaban J connectivity index is 1.91. The first kappa shape index (κ1) is 18.8. The third-order valence-corrected chi connectivity index (χ3v) is 5.70. The summed E-state index contributed by atoms with van der Waals surface area (Å²) in [5, 5.41) is 5.80. The predicted molar refractivity (Wildman–Crippen MR) is 109 cm³/mol. The Hall–Kier alpha value is -2.54. The minimum atomic E-state index is -3.65. The van der Waals surface area contributed by atoms with Crippen LogP contribution in [0.1, 0.15) is 22.8 Å². The van der Waals surface area contributed by atoms with E-state index >= 15 is 0 Å². The molecule has 0 bridgehead atoms. The lowest BCUT2D eigenvalue weighted by molar-refractivity contribution is 0.243. The number of halogens is 1. The fourth-order valence-electron chi connectivity index (χ4n) is 3.49. The Morgan fingerprint density at radius 3 is 2.64 bits per heavy atom. The summed E-state index contributed by atoms with van der Waals surface area (Å²) in [5.74, 6) is 1.13. The van der Waals surface area contributed by atoms with Gasteiger partial charge in [0.05, 0.1) is 17.9 Å². The number of nitrogens with two attached hydrogens (primary N) is 1. The summed E-state index contributed by atoms with van der Waals surface area (Å²) < 4.78 is 34.8. The molecule has 4 rings (SSSR count). The molecule has 0 aliphatic carbocycles. The zero-order valence-electron chi connectivity index (χ0n) is 15.1. The van der Waals surface area contributed by atoms with Crippen LogP contribution in [0.15, 0.2) is 60.7 Å². The van der Waals surface area contributed by atoms with Crippen LogP contribution in [-0.2, 0) is 15.8 Å². The quantitative estimate of drug-likeness (QED) is 0.689. The second-order valence-corrected chi connectivity index (χ2v) is 8.64. The topological polar surface area (TPSA) is 78.6 Å². The molecule has 1 aliphatic heterocycles. The Morgan fingerprint density at radius 1 is 1.11 bits per heavy atom. The van der Waals surface area contributed by atoms with Gasteiger partial charge in [-0.1, -0.05) is 48.0 Å². The highest BCUT2D eigenvalue weighted by Gasteiger charge is 2.29. The number of hydrogen-bond acceptors (Lipinski definition) is 4. The third kappa shape index (κ3) is 3.58. The molecule has 2 N–H and O–H groups in total. The molecule has 7 heteroatoms. The number of sulfonamides is 1. The molecular weight excluding hydrogens is 398 g/mol. The van der Waals surface area contributed by atoms with E-state index in [1.54, 1.807) is 19.2 Å². The van der Waals surface area contributed by atoms with Gasteiger partial charge in [-0.15, -0.1) is 0 Å². The average molecular weight is 416 g/mol. The average Bonchev–Trinajstić information content (AvgIpc) is 2.66. The third-order valence-electron chi connectivity index (χ3n) is 4.65. The molecular formula is C21H18ClNO4S. The summed E-state index contributed by atoms with van der Waals surface area (Å²) in [7, 11) is -2.05. The van der Waals surface area contributed by atoms with E-state index in [0.29, 0.717) is 22.1 Å². The van der Waals surface area contributed by atoms with E-state index in [-0.39, 0.29) is 5.75 Å². The molecule has 0 spiro atoms. The van der Waals surface area contributed by atoms with Gasteiger partial charge in [0, 0.05) is 16.7 Å². The number of hydrogen-bond donors (Lipinski definition) is 1. The first-order valence-electron chi connectivity index (χ1n) is 8.58. The van der Waals surface area contributed by atoms with Crippen molar-refractivity contribution < 1.29 is 17.9 Å². The number of primary sulfonamides is 1. The Kier molecular flexibility index (Phi) is 4.79. The maximum Gasteiger partial charge on any atom is 0.213 e. The molecule has 0 amide bonds. The smallest absolute Gasteiger partial charge is 0.213 e. The fourth-order valence-corrected chi connectivity index (χ4v) is 4.40. The normalized spacial score (nSPS) is 15.3. The van der Waals surface area contributed by atoms with Crippen LogP contribution in [0.5, 0.6) is 11.5 Å². The first-order valence-corrected chi connectivity index (χ1v) is 10.7. The van der Waals surface area contributed by atoms with Crippen molar-refractivity contribution in [2.45, 2.75) is 11.9 Å². The van der Waals surface area contributed by atoms with Crippen molar-refractivity contribution in [3.8, 4) is 22.6 Å². The van der Waals surface area contributed by atoms with Gasteiger partial charge in [-0.3, -0.25) is 0 Å². The van der Waals surface area contributed by atoms with Crippen LogP contribution in [-0.4, -0.2) is 15.5 Å². The molecule has 28 heavy (non-hydrogen) atoms. The first-order chi connectivity index (χ1) is 13.4. The molecule has 1 heterocycles. The van der Waals surface area contributed by atoms with Crippen molar-refractivity contribution in [3.05, 3.63) is 82.4 Å². The highest BCUT2D eigenvalue weighted by molar-refractivity contribution is 7.88. The molecule has 5 nitrogen and oxygen atoms in total. The molecule has 0 saturated heterocycles. The largest absolute Gasteiger partial charge is 0.497 e. The molecule has 1 aliphatic rings. The van der Waals surface area contributed by atoms with Gasteiger partial charge in [0.25, 0.3) is 0 Å². The molecule has 3 aromatic carbocycles. The van der Waals surface area contributed by atoms with E-state index in [9.17, 15) is 8.42 Å². The second-order valence-electron chi connectivity index (χ2n) is 6.62. The van der Waals surface area contributed by atoms with Crippen molar-refractivity contribution >= 4 is 21.6 Å². The minimum absolute atomic E-state index is 0.250. The van der Waals surface area contributed by atoms with E-state index in [4.69, 9.17) is 26.2 Å². The molecule has 3 aromatic rings. The number of benzene rings is 3. The lowest BCUT2D eigenvalue weighted by Crippen LogP contribution is -2.18. The standard InChI is InChI=1S/C21H18ClNO4S/c1-26-15-5-2-4-14(11-15)21-17-10-13(12-28(23,24)25)8-9-16(17)20-18(22)6-3-7-19(20)27-21/h2-11,21H,12H2,1H3,(H2,23,24,25). The molecule has 0 fully saturated rings. The maximum atomic E-state index is 11.6. The van der Waals surface area contributed by atoms with Crippen LogP contribution in [0.3, 0.4) is 0 Å². The van der Waals surface area contributed by atoms with Crippen LogP contribution in [0, 0.1) is 0 Å². The molecule has 0 saturated carbocycles. The summed E-state index contributed by atoms with van der Waals surface area (Å²) in [6, 6.07) is 18.5. The van der Waals surface area contributed by atoms with E-state index in [1.807, 2.05) is 48.5 Å². The van der Waals surface area contributed by atoms with Crippen molar-refractivity contribution in [1.29, 1.82) is 0 Å². The lowest BCUT2D eigenvalue weighted by atomic mass is 9.88. The van der Waals surface area contributed by atoms with Crippen LogP contribution in [0.4, 0.5) is 0 Å². The van der Waals surface area contributed by atoms with Crippen molar-refractivity contribution in [1.82, 2.24) is 0 Å². The predicted octanol–water partition coefficient (Wildman–Crippen LogP) is 4.29. The number of fused-ring (bicyclic) bond motifs is 3. The maximum absolute atomic E-state index is 11.6. The highest BCUT2D eigenvalue weighted by atomic mass is 35.5. The van der Waals surface area contributed by atoms with Crippen LogP contribution >= 0.6 is 11.6 Å². The second kappa shape index (κ2) is 7.13. The number of rotatable bonds is 4. The van der Waals surface area contributed by atoms with Crippen LogP contribution in [0.25, 0.3) is 11.1 Å². The molecule has 144 valence electrons. The SMILES string of the molecule is COc1cccc(C2Oc3cccc(Cl)c3-c3ccc(CS(N)(=O)=O)cc32)c1. The van der Waals surface area contributed by atoms with Gasteiger partial charge in [-0.05, 0) is 35.4 Å². The number of methoxy groups -OCH3 is 1. The highest BCUT2D eigenvalue weighted by Crippen LogP contribution is 2.48. The van der Waals surface area contributed by atoms with E-state index in [0.717, 1.165) is 22.3 Å².